The van der Waals surface area contributed by atoms with Crippen molar-refractivity contribution >= 4 is 0 Å². The van der Waals surface area contributed by atoms with Crippen LogP contribution in [0.3, 0.4) is 0 Å². The van der Waals surface area contributed by atoms with Crippen molar-refractivity contribution in [2.24, 2.45) is 0 Å². The maximum Gasteiger partial charge on any atom is 0.194 e. The zero-order chi connectivity index (χ0) is 14.8. The van der Waals surface area contributed by atoms with Gasteiger partial charge >= 0.3 is 0 Å². The summed E-state index contributed by atoms with van der Waals surface area (Å²) in [6, 6.07) is 1.82. The van der Waals surface area contributed by atoms with E-state index in [2.05, 4.69) is 5.32 Å². The fourth-order valence-electron chi connectivity index (χ4n) is 1.97. The highest BCUT2D eigenvalue weighted by atomic mass is 19.2. The molecule has 0 aliphatic rings. The SMILES string of the molecule is CCNC(c1ccc(F)c(F)c1F)C(C)(C)N(C)C. The standard InChI is InChI=1S/C14H21F3N2/c1-6-18-13(14(2,3)19(4)5)9-7-8-10(15)12(17)11(9)16/h7-8,13,18H,6H2,1-5H3. The lowest BCUT2D eigenvalue weighted by Crippen LogP contribution is -2.49. The third-order valence-electron chi connectivity index (χ3n) is 3.64. The highest BCUT2D eigenvalue weighted by molar-refractivity contribution is 5.26. The molecule has 0 spiro atoms. The van der Waals surface area contributed by atoms with Crippen molar-refractivity contribution in [3.63, 3.8) is 0 Å². The van der Waals surface area contributed by atoms with E-state index in [9.17, 15) is 13.2 Å². The topological polar surface area (TPSA) is 15.3 Å². The maximum absolute atomic E-state index is 14.0. The molecule has 0 amide bonds. The minimum atomic E-state index is -1.42. The zero-order valence-electron chi connectivity index (χ0n) is 12.0. The van der Waals surface area contributed by atoms with E-state index in [0.717, 1.165) is 6.07 Å². The van der Waals surface area contributed by atoms with Gasteiger partial charge in [-0.25, -0.2) is 13.2 Å². The van der Waals surface area contributed by atoms with Crippen LogP contribution in [0.1, 0.15) is 32.4 Å². The molecule has 1 N–H and O–H groups in total. The third kappa shape index (κ3) is 3.09. The number of hydrogen-bond acceptors (Lipinski definition) is 2. The Bertz CT molecular complexity index is 445. The van der Waals surface area contributed by atoms with Gasteiger partial charge in [-0.2, -0.15) is 0 Å². The van der Waals surface area contributed by atoms with E-state index < -0.39 is 29.0 Å². The molecule has 0 aromatic heterocycles. The normalized spacial score (nSPS) is 13.9. The van der Waals surface area contributed by atoms with Gasteiger partial charge in [-0.1, -0.05) is 13.0 Å². The van der Waals surface area contributed by atoms with Crippen molar-refractivity contribution in [2.45, 2.75) is 32.4 Å². The fourth-order valence-corrected chi connectivity index (χ4v) is 1.97. The number of nitrogens with zero attached hydrogens (tertiary/aromatic N) is 1. The predicted molar refractivity (Wildman–Crippen MR) is 70.5 cm³/mol. The first-order valence-corrected chi connectivity index (χ1v) is 6.27. The van der Waals surface area contributed by atoms with Crippen LogP contribution in [0.5, 0.6) is 0 Å². The van der Waals surface area contributed by atoms with Gasteiger partial charge in [-0.15, -0.1) is 0 Å². The molecule has 1 aromatic rings. The van der Waals surface area contributed by atoms with Gasteiger partial charge in [0.1, 0.15) is 0 Å². The Balaban J connectivity index is 3.32. The number of benzene rings is 1. The van der Waals surface area contributed by atoms with Crippen LogP contribution >= 0.6 is 0 Å². The number of likely N-dealkylation sites (N-methyl/N-ethyl adjacent to an activating group) is 2. The molecule has 108 valence electrons. The van der Waals surface area contributed by atoms with Gasteiger partial charge < -0.3 is 10.2 Å². The van der Waals surface area contributed by atoms with Crippen molar-refractivity contribution in [1.29, 1.82) is 0 Å². The Hall–Kier alpha value is -1.07. The van der Waals surface area contributed by atoms with Crippen LogP contribution in [0, 0.1) is 17.5 Å². The van der Waals surface area contributed by atoms with Crippen LogP contribution in [0.2, 0.25) is 0 Å². The summed E-state index contributed by atoms with van der Waals surface area (Å²) in [7, 11) is 3.73. The lowest BCUT2D eigenvalue weighted by molar-refractivity contribution is 0.136. The van der Waals surface area contributed by atoms with Crippen molar-refractivity contribution in [3.05, 3.63) is 35.1 Å². The van der Waals surface area contributed by atoms with E-state index in [0.29, 0.717) is 6.54 Å². The molecule has 0 fully saturated rings. The third-order valence-corrected chi connectivity index (χ3v) is 3.64. The summed E-state index contributed by atoms with van der Waals surface area (Å²) in [5.41, 5.74) is -0.319. The van der Waals surface area contributed by atoms with E-state index in [-0.39, 0.29) is 5.56 Å². The highest BCUT2D eigenvalue weighted by Gasteiger charge is 2.35. The maximum atomic E-state index is 14.0. The molecule has 5 heteroatoms. The minimum Gasteiger partial charge on any atom is -0.309 e. The second-order valence-electron chi connectivity index (χ2n) is 5.30. The minimum absolute atomic E-state index is 0.138. The van der Waals surface area contributed by atoms with Gasteiger partial charge in [0.05, 0.1) is 6.04 Å². The largest absolute Gasteiger partial charge is 0.309 e. The fraction of sp³-hybridized carbons (Fsp3) is 0.571. The van der Waals surface area contributed by atoms with Gasteiger partial charge in [0, 0.05) is 11.1 Å². The molecule has 0 aliphatic carbocycles. The van der Waals surface area contributed by atoms with Crippen molar-refractivity contribution in [2.75, 3.05) is 20.6 Å². The van der Waals surface area contributed by atoms with E-state index in [1.807, 2.05) is 39.8 Å². The molecule has 1 unspecified atom stereocenters. The number of rotatable bonds is 5. The Morgan fingerprint density at radius 2 is 1.74 bits per heavy atom. The van der Waals surface area contributed by atoms with Crippen LogP contribution in [-0.2, 0) is 0 Å². The van der Waals surface area contributed by atoms with Gasteiger partial charge in [-0.3, -0.25) is 0 Å². The number of hydrogen-bond donors (Lipinski definition) is 1. The Kier molecular flexibility index (Phi) is 4.98. The lowest BCUT2D eigenvalue weighted by Gasteiger charge is -2.41. The van der Waals surface area contributed by atoms with E-state index in [4.69, 9.17) is 0 Å². The van der Waals surface area contributed by atoms with Gasteiger partial charge in [0.2, 0.25) is 0 Å². The predicted octanol–water partition coefficient (Wildman–Crippen LogP) is 3.09. The molecular weight excluding hydrogens is 253 g/mol. The summed E-state index contributed by atoms with van der Waals surface area (Å²) in [6.45, 7) is 6.32. The number of halogens is 3. The summed E-state index contributed by atoms with van der Waals surface area (Å²) in [5.74, 6) is -3.71. The molecule has 2 nitrogen and oxygen atoms in total. The molecule has 0 aliphatic heterocycles. The zero-order valence-corrected chi connectivity index (χ0v) is 12.0. The first-order chi connectivity index (χ1) is 8.73. The molecule has 0 bridgehead atoms. The highest BCUT2D eigenvalue weighted by Crippen LogP contribution is 2.32. The lowest BCUT2D eigenvalue weighted by atomic mass is 9.87. The molecule has 0 saturated carbocycles. The quantitative estimate of drug-likeness (QED) is 0.830. The molecule has 0 saturated heterocycles. The van der Waals surface area contributed by atoms with E-state index in [1.165, 1.54) is 6.07 Å². The van der Waals surface area contributed by atoms with Crippen molar-refractivity contribution < 1.29 is 13.2 Å². The average molecular weight is 274 g/mol. The van der Waals surface area contributed by atoms with Crippen molar-refractivity contribution in [1.82, 2.24) is 10.2 Å². The number of nitrogens with one attached hydrogen (secondary N) is 1. The Morgan fingerprint density at radius 3 is 2.21 bits per heavy atom. The summed E-state index contributed by atoms with van der Waals surface area (Å²) < 4.78 is 40.4. The first kappa shape index (κ1) is 16.0. The molecule has 1 atom stereocenters. The average Bonchev–Trinajstić information content (AvgIpc) is 2.34. The van der Waals surface area contributed by atoms with Crippen LogP contribution in [0.25, 0.3) is 0 Å². The van der Waals surface area contributed by atoms with Gasteiger partial charge in [0.15, 0.2) is 17.5 Å². The summed E-state index contributed by atoms with van der Waals surface area (Å²) >= 11 is 0. The Morgan fingerprint density at radius 1 is 1.16 bits per heavy atom. The molecular formula is C14H21F3N2. The smallest absolute Gasteiger partial charge is 0.194 e. The first-order valence-electron chi connectivity index (χ1n) is 6.27. The molecule has 0 heterocycles. The summed E-state index contributed by atoms with van der Waals surface area (Å²) in [5, 5.41) is 3.14. The van der Waals surface area contributed by atoms with Gasteiger partial charge in [-0.05, 0) is 40.6 Å². The second-order valence-corrected chi connectivity index (χ2v) is 5.30. The second kappa shape index (κ2) is 5.92. The molecule has 0 radical (unpaired) electrons. The monoisotopic (exact) mass is 274 g/mol. The molecule has 1 rings (SSSR count). The Labute approximate surface area is 112 Å². The van der Waals surface area contributed by atoms with Crippen LogP contribution in [-0.4, -0.2) is 31.1 Å². The van der Waals surface area contributed by atoms with Crippen LogP contribution in [0.15, 0.2) is 12.1 Å². The summed E-state index contributed by atoms with van der Waals surface area (Å²) in [6.07, 6.45) is 0. The molecule has 1 aromatic carbocycles. The van der Waals surface area contributed by atoms with Gasteiger partial charge in [0.25, 0.3) is 0 Å². The summed E-state index contributed by atoms with van der Waals surface area (Å²) in [4.78, 5) is 1.92. The van der Waals surface area contributed by atoms with E-state index >= 15 is 0 Å². The van der Waals surface area contributed by atoms with Crippen LogP contribution in [0.4, 0.5) is 13.2 Å². The molecule has 19 heavy (non-hydrogen) atoms. The van der Waals surface area contributed by atoms with Crippen LogP contribution < -0.4 is 5.32 Å². The van der Waals surface area contributed by atoms with E-state index in [1.54, 1.807) is 0 Å². The van der Waals surface area contributed by atoms with Crippen molar-refractivity contribution in [3.8, 4) is 0 Å².